The zero-order chi connectivity index (χ0) is 12.6. The zero-order valence-electron chi connectivity index (χ0n) is 11.1. The molecule has 4 heteroatoms. The molecule has 0 saturated heterocycles. The Bertz CT molecular complexity index is 430. The topological polar surface area (TPSA) is 37.3 Å². The fourth-order valence-electron chi connectivity index (χ4n) is 2.25. The average Bonchev–Trinajstić information content (AvgIpc) is 3.03. The Morgan fingerprint density at radius 3 is 2.65 bits per heavy atom. The number of amides is 2. The predicted octanol–water partition coefficient (Wildman–Crippen LogP) is 2.21. The van der Waals surface area contributed by atoms with Crippen LogP contribution in [0.4, 0.5) is 4.79 Å². The molecule has 17 heavy (non-hydrogen) atoms. The number of rotatable bonds is 3. The quantitative estimate of drug-likeness (QED) is 0.857. The summed E-state index contributed by atoms with van der Waals surface area (Å²) in [6.45, 7) is 4.90. The molecule has 1 aliphatic rings. The Kier molecular flexibility index (Phi) is 3.13. The molecule has 0 bridgehead atoms. The van der Waals surface area contributed by atoms with Crippen LogP contribution in [0.3, 0.4) is 0 Å². The van der Waals surface area contributed by atoms with Gasteiger partial charge in [0.2, 0.25) is 0 Å². The lowest BCUT2D eigenvalue weighted by atomic mass is 10.2. The first kappa shape index (κ1) is 12.0. The molecule has 2 rings (SSSR count). The number of carbonyl (C=O) groups is 1. The van der Waals surface area contributed by atoms with Crippen LogP contribution in [0, 0.1) is 13.8 Å². The van der Waals surface area contributed by atoms with Crippen molar-refractivity contribution in [3.05, 3.63) is 23.0 Å². The van der Waals surface area contributed by atoms with E-state index < -0.39 is 0 Å². The van der Waals surface area contributed by atoms with Crippen molar-refractivity contribution in [2.24, 2.45) is 0 Å². The molecule has 1 heterocycles. The van der Waals surface area contributed by atoms with Crippen molar-refractivity contribution in [3.63, 3.8) is 0 Å². The molecular weight excluding hydrogens is 214 g/mol. The second kappa shape index (κ2) is 4.43. The normalized spacial score (nSPS) is 14.8. The van der Waals surface area contributed by atoms with E-state index in [1.807, 2.05) is 0 Å². The van der Waals surface area contributed by atoms with Crippen molar-refractivity contribution in [3.8, 4) is 0 Å². The van der Waals surface area contributed by atoms with Gasteiger partial charge < -0.3 is 14.8 Å². The molecule has 94 valence electrons. The van der Waals surface area contributed by atoms with Crippen LogP contribution in [0.5, 0.6) is 0 Å². The molecule has 0 aliphatic heterocycles. The summed E-state index contributed by atoms with van der Waals surface area (Å²) in [5.74, 6) is 0. The number of carbonyl (C=O) groups excluding carboxylic acids is 1. The van der Waals surface area contributed by atoms with Crippen molar-refractivity contribution in [1.29, 1.82) is 0 Å². The number of nitrogens with zero attached hydrogens (tertiary/aromatic N) is 2. The van der Waals surface area contributed by atoms with Gasteiger partial charge in [-0.05, 0) is 38.3 Å². The summed E-state index contributed by atoms with van der Waals surface area (Å²) in [5.41, 5.74) is 3.83. The molecule has 0 atom stereocenters. The summed E-state index contributed by atoms with van der Waals surface area (Å²) in [6.07, 6.45) is 2.58. The smallest absolute Gasteiger partial charge is 0.317 e. The van der Waals surface area contributed by atoms with Gasteiger partial charge in [0.25, 0.3) is 0 Å². The maximum absolute atomic E-state index is 11.5. The van der Waals surface area contributed by atoms with Gasteiger partial charge in [-0.3, -0.25) is 0 Å². The molecular formula is C13H21N3O. The standard InChI is InChI=1S/C13H21N3O/c1-9-7-11(8-14-13(17)15(3)4)10(2)16(9)12-5-6-12/h7,12H,5-6,8H2,1-4H3,(H,14,17). The SMILES string of the molecule is Cc1cc(CNC(=O)N(C)C)c(C)n1C1CC1. The highest BCUT2D eigenvalue weighted by atomic mass is 16.2. The van der Waals surface area contributed by atoms with E-state index in [-0.39, 0.29) is 6.03 Å². The number of hydrogen-bond donors (Lipinski definition) is 1. The van der Waals surface area contributed by atoms with Crippen molar-refractivity contribution in [2.45, 2.75) is 39.3 Å². The van der Waals surface area contributed by atoms with Gasteiger partial charge in [0.1, 0.15) is 0 Å². The van der Waals surface area contributed by atoms with Crippen LogP contribution in [-0.4, -0.2) is 29.6 Å². The summed E-state index contributed by atoms with van der Waals surface area (Å²) >= 11 is 0. The van der Waals surface area contributed by atoms with Gasteiger partial charge >= 0.3 is 6.03 Å². The lowest BCUT2D eigenvalue weighted by Crippen LogP contribution is -2.34. The third kappa shape index (κ3) is 2.46. The van der Waals surface area contributed by atoms with Gasteiger partial charge in [-0.1, -0.05) is 0 Å². The minimum Gasteiger partial charge on any atom is -0.346 e. The van der Waals surface area contributed by atoms with E-state index in [9.17, 15) is 4.79 Å². The Hall–Kier alpha value is -1.45. The molecule has 0 unspecified atom stereocenters. The van der Waals surface area contributed by atoms with Crippen LogP contribution in [0.15, 0.2) is 6.07 Å². The number of aromatic nitrogens is 1. The van der Waals surface area contributed by atoms with Gasteiger partial charge in [-0.15, -0.1) is 0 Å². The molecule has 0 radical (unpaired) electrons. The predicted molar refractivity (Wildman–Crippen MR) is 68.1 cm³/mol. The fourth-order valence-corrected chi connectivity index (χ4v) is 2.25. The third-order valence-corrected chi connectivity index (χ3v) is 3.34. The summed E-state index contributed by atoms with van der Waals surface area (Å²) in [7, 11) is 3.51. The highest BCUT2D eigenvalue weighted by Crippen LogP contribution is 2.38. The first-order valence-electron chi connectivity index (χ1n) is 6.13. The van der Waals surface area contributed by atoms with Crippen LogP contribution in [0.1, 0.15) is 35.8 Å². The first-order chi connectivity index (χ1) is 8.00. The van der Waals surface area contributed by atoms with Crippen LogP contribution < -0.4 is 5.32 Å². The molecule has 1 fully saturated rings. The Labute approximate surface area is 103 Å². The van der Waals surface area contributed by atoms with E-state index >= 15 is 0 Å². The number of aryl methyl sites for hydroxylation is 1. The Morgan fingerprint density at radius 2 is 2.12 bits per heavy atom. The summed E-state index contributed by atoms with van der Waals surface area (Å²) in [5, 5.41) is 2.91. The molecule has 1 N–H and O–H groups in total. The number of hydrogen-bond acceptors (Lipinski definition) is 1. The van der Waals surface area contributed by atoms with Gasteiger partial charge in [0.05, 0.1) is 0 Å². The van der Waals surface area contributed by atoms with Crippen molar-refractivity contribution >= 4 is 6.03 Å². The number of nitrogens with one attached hydrogen (secondary N) is 1. The van der Waals surface area contributed by atoms with Crippen molar-refractivity contribution in [1.82, 2.24) is 14.8 Å². The van der Waals surface area contributed by atoms with Gasteiger partial charge in [0, 0.05) is 38.1 Å². The summed E-state index contributed by atoms with van der Waals surface area (Å²) in [4.78, 5) is 13.0. The Morgan fingerprint density at radius 1 is 1.47 bits per heavy atom. The summed E-state index contributed by atoms with van der Waals surface area (Å²) < 4.78 is 2.40. The van der Waals surface area contributed by atoms with Gasteiger partial charge in [0.15, 0.2) is 0 Å². The second-order valence-electron chi connectivity index (χ2n) is 5.05. The van der Waals surface area contributed by atoms with Gasteiger partial charge in [-0.25, -0.2) is 4.79 Å². The highest BCUT2D eigenvalue weighted by Gasteiger charge is 2.26. The molecule has 0 aromatic carbocycles. The van der Waals surface area contributed by atoms with E-state index in [1.165, 1.54) is 29.8 Å². The maximum atomic E-state index is 11.5. The lowest BCUT2D eigenvalue weighted by Gasteiger charge is -2.12. The van der Waals surface area contributed by atoms with Crippen LogP contribution in [0.25, 0.3) is 0 Å². The van der Waals surface area contributed by atoms with Crippen LogP contribution in [0.2, 0.25) is 0 Å². The molecule has 1 saturated carbocycles. The van der Waals surface area contributed by atoms with E-state index in [2.05, 4.69) is 29.8 Å². The molecule has 1 aromatic heterocycles. The van der Waals surface area contributed by atoms with Gasteiger partial charge in [-0.2, -0.15) is 0 Å². The molecule has 1 aromatic rings. The second-order valence-corrected chi connectivity index (χ2v) is 5.05. The minimum absolute atomic E-state index is 0.0405. The average molecular weight is 235 g/mol. The van der Waals surface area contributed by atoms with E-state index in [0.29, 0.717) is 12.6 Å². The highest BCUT2D eigenvalue weighted by molar-refractivity contribution is 5.73. The minimum atomic E-state index is -0.0405. The Balaban J connectivity index is 2.06. The van der Waals surface area contributed by atoms with Crippen molar-refractivity contribution < 1.29 is 4.79 Å². The van der Waals surface area contributed by atoms with Crippen LogP contribution >= 0.6 is 0 Å². The third-order valence-electron chi connectivity index (χ3n) is 3.34. The van der Waals surface area contributed by atoms with E-state index in [0.717, 1.165) is 0 Å². The molecule has 4 nitrogen and oxygen atoms in total. The molecule has 1 aliphatic carbocycles. The molecule has 0 spiro atoms. The van der Waals surface area contributed by atoms with Crippen molar-refractivity contribution in [2.75, 3.05) is 14.1 Å². The monoisotopic (exact) mass is 235 g/mol. The van der Waals surface area contributed by atoms with Crippen LogP contribution in [-0.2, 0) is 6.54 Å². The first-order valence-corrected chi connectivity index (χ1v) is 6.13. The summed E-state index contributed by atoms with van der Waals surface area (Å²) in [6, 6.07) is 2.85. The zero-order valence-corrected chi connectivity index (χ0v) is 11.1. The number of urea groups is 1. The lowest BCUT2D eigenvalue weighted by molar-refractivity contribution is 0.217. The van der Waals surface area contributed by atoms with E-state index in [1.54, 1.807) is 19.0 Å². The molecule has 2 amide bonds. The fraction of sp³-hybridized carbons (Fsp3) is 0.615. The van der Waals surface area contributed by atoms with E-state index in [4.69, 9.17) is 0 Å². The maximum Gasteiger partial charge on any atom is 0.317 e. The largest absolute Gasteiger partial charge is 0.346 e.